The highest BCUT2D eigenvalue weighted by atomic mass is 19.1. The van der Waals surface area contributed by atoms with E-state index in [1.54, 1.807) is 24.3 Å². The van der Waals surface area contributed by atoms with Crippen LogP contribution in [0.4, 0.5) is 15.8 Å². The molecule has 0 aromatic heterocycles. The number of nitrogens with two attached hydrogens (primary N) is 1. The molecule has 0 aliphatic rings. The van der Waals surface area contributed by atoms with Crippen LogP contribution in [-0.4, -0.2) is 4.92 Å². The summed E-state index contributed by atoms with van der Waals surface area (Å²) in [6.45, 7) is 0.109. The molecule has 98 valence electrons. The lowest BCUT2D eigenvalue weighted by Crippen LogP contribution is -1.99. The minimum Gasteiger partial charge on any atom is -0.489 e. The normalized spacial score (nSPS) is 10.2. The zero-order chi connectivity index (χ0) is 13.8. The second kappa shape index (κ2) is 5.34. The molecule has 0 bridgehead atoms. The first-order valence-electron chi connectivity index (χ1n) is 5.47. The number of rotatable bonds is 4. The highest BCUT2D eigenvalue weighted by Gasteiger charge is 2.13. The fourth-order valence-corrected chi connectivity index (χ4v) is 1.56. The van der Waals surface area contributed by atoms with Crippen molar-refractivity contribution in [3.63, 3.8) is 0 Å². The number of halogens is 1. The maximum absolute atomic E-state index is 13.4. The Balaban J connectivity index is 2.08. The average Bonchev–Trinajstić information content (AvgIpc) is 2.36. The van der Waals surface area contributed by atoms with E-state index >= 15 is 0 Å². The van der Waals surface area contributed by atoms with Crippen molar-refractivity contribution in [1.82, 2.24) is 0 Å². The van der Waals surface area contributed by atoms with E-state index in [9.17, 15) is 14.5 Å². The fraction of sp³-hybridized carbons (Fsp3) is 0.0769. The smallest absolute Gasteiger partial charge is 0.304 e. The van der Waals surface area contributed by atoms with E-state index in [0.29, 0.717) is 17.0 Å². The van der Waals surface area contributed by atoms with Gasteiger partial charge in [-0.1, -0.05) is 6.07 Å². The van der Waals surface area contributed by atoms with Crippen LogP contribution in [0.25, 0.3) is 0 Å². The van der Waals surface area contributed by atoms with Gasteiger partial charge in [-0.3, -0.25) is 10.1 Å². The molecule has 0 amide bonds. The van der Waals surface area contributed by atoms with Gasteiger partial charge >= 0.3 is 5.69 Å². The summed E-state index contributed by atoms with van der Waals surface area (Å²) >= 11 is 0. The van der Waals surface area contributed by atoms with E-state index in [-0.39, 0.29) is 6.61 Å². The summed E-state index contributed by atoms with van der Waals surface area (Å²) < 4.78 is 18.8. The van der Waals surface area contributed by atoms with Gasteiger partial charge < -0.3 is 10.5 Å². The predicted octanol–water partition coefficient (Wildman–Crippen LogP) is 2.90. The number of nitrogen functional groups attached to an aromatic ring is 1. The van der Waals surface area contributed by atoms with Gasteiger partial charge in [-0.15, -0.1) is 0 Å². The first-order valence-corrected chi connectivity index (χ1v) is 5.47. The minimum atomic E-state index is -0.876. The third-order valence-electron chi connectivity index (χ3n) is 2.47. The Morgan fingerprint density at radius 1 is 1.26 bits per heavy atom. The van der Waals surface area contributed by atoms with Crippen LogP contribution in [0.2, 0.25) is 0 Å². The van der Waals surface area contributed by atoms with Crippen molar-refractivity contribution in [2.24, 2.45) is 0 Å². The first-order chi connectivity index (χ1) is 9.06. The van der Waals surface area contributed by atoms with E-state index < -0.39 is 16.4 Å². The molecule has 6 heteroatoms. The molecule has 0 fully saturated rings. The van der Waals surface area contributed by atoms with Crippen molar-refractivity contribution < 1.29 is 14.1 Å². The van der Waals surface area contributed by atoms with Gasteiger partial charge in [0.05, 0.1) is 4.92 Å². The summed E-state index contributed by atoms with van der Waals surface area (Å²) in [5.74, 6) is -0.322. The van der Waals surface area contributed by atoms with E-state index in [4.69, 9.17) is 10.5 Å². The molecule has 0 aliphatic heterocycles. The average molecular weight is 262 g/mol. The third-order valence-corrected chi connectivity index (χ3v) is 2.47. The Morgan fingerprint density at radius 2 is 2.05 bits per heavy atom. The summed E-state index contributed by atoms with van der Waals surface area (Å²) in [5, 5.41) is 10.5. The highest BCUT2D eigenvalue weighted by molar-refractivity contribution is 5.43. The van der Waals surface area contributed by atoms with Crippen molar-refractivity contribution >= 4 is 11.4 Å². The van der Waals surface area contributed by atoms with Crippen LogP contribution in [0, 0.1) is 15.9 Å². The third kappa shape index (κ3) is 3.19. The van der Waals surface area contributed by atoms with Crippen molar-refractivity contribution in [2.45, 2.75) is 6.61 Å². The quantitative estimate of drug-likeness (QED) is 0.522. The lowest BCUT2D eigenvalue weighted by molar-refractivity contribution is -0.387. The molecule has 2 aromatic rings. The summed E-state index contributed by atoms with van der Waals surface area (Å²) in [6, 6.07) is 10.5. The standard InChI is InChI=1S/C13H11FN2O3/c14-12-6-9(4-5-13(12)16(17)18)8-19-11-3-1-2-10(15)7-11/h1-7H,8,15H2. The number of hydrogen-bond donors (Lipinski definition) is 1. The van der Waals surface area contributed by atoms with E-state index in [1.807, 2.05) is 0 Å². The molecule has 0 aliphatic carbocycles. The van der Waals surface area contributed by atoms with Gasteiger partial charge in [-0.25, -0.2) is 0 Å². The van der Waals surface area contributed by atoms with Gasteiger partial charge in [0.2, 0.25) is 5.82 Å². The lowest BCUT2D eigenvalue weighted by atomic mass is 10.2. The van der Waals surface area contributed by atoms with Crippen LogP contribution in [0.3, 0.4) is 0 Å². The second-order valence-electron chi connectivity index (χ2n) is 3.90. The van der Waals surface area contributed by atoms with Gasteiger partial charge in [0.15, 0.2) is 0 Å². The SMILES string of the molecule is Nc1cccc(OCc2ccc([N+](=O)[O-])c(F)c2)c1. The van der Waals surface area contributed by atoms with Gasteiger partial charge in [0, 0.05) is 17.8 Å². The van der Waals surface area contributed by atoms with Gasteiger partial charge in [0.25, 0.3) is 0 Å². The molecule has 5 nitrogen and oxygen atoms in total. The van der Waals surface area contributed by atoms with Crippen LogP contribution in [0.1, 0.15) is 5.56 Å². The van der Waals surface area contributed by atoms with E-state index in [1.165, 1.54) is 6.07 Å². The Morgan fingerprint density at radius 3 is 2.68 bits per heavy atom. The summed E-state index contributed by atoms with van der Waals surface area (Å²) in [6.07, 6.45) is 0. The zero-order valence-electron chi connectivity index (χ0n) is 9.88. The molecule has 0 spiro atoms. The van der Waals surface area contributed by atoms with Crippen molar-refractivity contribution in [2.75, 3.05) is 5.73 Å². The molecular weight excluding hydrogens is 251 g/mol. The largest absolute Gasteiger partial charge is 0.489 e. The lowest BCUT2D eigenvalue weighted by Gasteiger charge is -2.07. The molecule has 0 radical (unpaired) electrons. The number of anilines is 1. The first kappa shape index (κ1) is 12.8. The van der Waals surface area contributed by atoms with Crippen molar-refractivity contribution in [1.29, 1.82) is 0 Å². The van der Waals surface area contributed by atoms with Crippen LogP contribution in [-0.2, 0) is 6.61 Å². The fourth-order valence-electron chi connectivity index (χ4n) is 1.56. The maximum Gasteiger partial charge on any atom is 0.304 e. The van der Waals surface area contributed by atoms with Gasteiger partial charge in [-0.2, -0.15) is 4.39 Å². The topological polar surface area (TPSA) is 78.4 Å². The van der Waals surface area contributed by atoms with Gasteiger partial charge in [0.1, 0.15) is 12.4 Å². The van der Waals surface area contributed by atoms with Crippen LogP contribution in [0.5, 0.6) is 5.75 Å². The number of nitrogens with zero attached hydrogens (tertiary/aromatic N) is 1. The summed E-state index contributed by atoms with van der Waals surface area (Å²) in [4.78, 5) is 9.70. The van der Waals surface area contributed by atoms with Crippen LogP contribution < -0.4 is 10.5 Å². The minimum absolute atomic E-state index is 0.109. The Kier molecular flexibility index (Phi) is 3.61. The molecule has 19 heavy (non-hydrogen) atoms. The summed E-state index contributed by atoms with van der Waals surface area (Å²) in [7, 11) is 0. The molecule has 2 aromatic carbocycles. The predicted molar refractivity (Wildman–Crippen MR) is 68.2 cm³/mol. The van der Waals surface area contributed by atoms with E-state index in [2.05, 4.69) is 0 Å². The van der Waals surface area contributed by atoms with Gasteiger partial charge in [-0.05, 0) is 29.8 Å². The molecule has 2 N–H and O–H groups in total. The number of nitro benzene ring substituents is 1. The monoisotopic (exact) mass is 262 g/mol. The molecule has 0 unspecified atom stereocenters. The number of nitro groups is 1. The zero-order valence-corrected chi connectivity index (χ0v) is 9.88. The Bertz CT molecular complexity index is 617. The Hall–Kier alpha value is -2.63. The molecule has 0 heterocycles. The molecule has 0 atom stereocenters. The van der Waals surface area contributed by atoms with Crippen molar-refractivity contribution in [3.8, 4) is 5.75 Å². The molecular formula is C13H11FN2O3. The summed E-state index contributed by atoms with van der Waals surface area (Å²) in [5.41, 5.74) is 6.11. The van der Waals surface area contributed by atoms with Crippen molar-refractivity contribution in [3.05, 3.63) is 64.0 Å². The maximum atomic E-state index is 13.4. The second-order valence-corrected chi connectivity index (χ2v) is 3.90. The number of benzene rings is 2. The van der Waals surface area contributed by atoms with Crippen LogP contribution >= 0.6 is 0 Å². The number of ether oxygens (including phenoxy) is 1. The van der Waals surface area contributed by atoms with Crippen LogP contribution in [0.15, 0.2) is 42.5 Å². The molecule has 0 saturated heterocycles. The molecule has 0 saturated carbocycles. The van der Waals surface area contributed by atoms with E-state index in [0.717, 1.165) is 12.1 Å². The molecule has 2 rings (SSSR count). The number of hydrogen-bond acceptors (Lipinski definition) is 4. The highest BCUT2D eigenvalue weighted by Crippen LogP contribution is 2.20. The Labute approximate surface area is 108 Å².